The number of hydrogen-bond acceptors (Lipinski definition) is 1. The highest BCUT2D eigenvalue weighted by Crippen LogP contribution is 2.16. The minimum absolute atomic E-state index is 0.230. The highest BCUT2D eigenvalue weighted by atomic mass is 32.1. The summed E-state index contributed by atoms with van der Waals surface area (Å²) < 4.78 is 13.6. The predicted molar refractivity (Wildman–Crippen MR) is 94.5 cm³/mol. The zero-order valence-corrected chi connectivity index (χ0v) is 14.0. The first-order chi connectivity index (χ1) is 10.5. The molecule has 0 atom stereocenters. The van der Waals surface area contributed by atoms with Gasteiger partial charge in [0.15, 0.2) is 5.11 Å². The molecule has 0 fully saturated rings. The zero-order chi connectivity index (χ0) is 16.1. The van der Waals surface area contributed by atoms with Gasteiger partial charge < -0.3 is 10.2 Å². The fraction of sp³-hybridized carbons (Fsp3) is 0.278. The van der Waals surface area contributed by atoms with E-state index in [1.165, 1.54) is 11.6 Å². The Hall–Kier alpha value is -1.94. The largest absolute Gasteiger partial charge is 0.342 e. The normalized spacial score (nSPS) is 10.6. The Kier molecular flexibility index (Phi) is 5.50. The molecular formula is C18H21FN2S. The maximum absolute atomic E-state index is 13.6. The Bertz CT molecular complexity index is 641. The molecule has 4 heteroatoms. The smallest absolute Gasteiger partial charge is 0.173 e. The average Bonchev–Trinajstić information content (AvgIpc) is 2.49. The van der Waals surface area contributed by atoms with Crippen molar-refractivity contribution < 1.29 is 4.39 Å². The molecule has 116 valence electrons. The zero-order valence-electron chi connectivity index (χ0n) is 13.1. The SMILES string of the molecule is Cc1ccc(NC(=S)N(Cc2ccccc2)C(C)C)cc1F. The molecule has 0 spiro atoms. The van der Waals surface area contributed by atoms with Gasteiger partial charge in [0.1, 0.15) is 5.82 Å². The van der Waals surface area contributed by atoms with Crippen molar-refractivity contribution in [3.05, 3.63) is 65.5 Å². The van der Waals surface area contributed by atoms with Gasteiger partial charge >= 0.3 is 0 Å². The maximum atomic E-state index is 13.6. The van der Waals surface area contributed by atoms with Crippen LogP contribution in [0.3, 0.4) is 0 Å². The lowest BCUT2D eigenvalue weighted by molar-refractivity contribution is 0.348. The summed E-state index contributed by atoms with van der Waals surface area (Å²) in [4.78, 5) is 2.09. The van der Waals surface area contributed by atoms with Gasteiger partial charge in [-0.2, -0.15) is 0 Å². The molecule has 0 amide bonds. The molecule has 2 aromatic carbocycles. The van der Waals surface area contributed by atoms with Crippen molar-refractivity contribution in [1.82, 2.24) is 4.90 Å². The van der Waals surface area contributed by atoms with Gasteiger partial charge in [0, 0.05) is 18.3 Å². The first-order valence-electron chi connectivity index (χ1n) is 7.35. The molecule has 2 nitrogen and oxygen atoms in total. The summed E-state index contributed by atoms with van der Waals surface area (Å²) in [5.74, 6) is -0.230. The standard InChI is InChI=1S/C18H21FN2S/c1-13(2)21(12-15-7-5-4-6-8-15)18(22)20-16-10-9-14(3)17(19)11-16/h4-11,13H,12H2,1-3H3,(H,20,22). The van der Waals surface area contributed by atoms with Gasteiger partial charge in [-0.05, 0) is 56.2 Å². The Morgan fingerprint density at radius 1 is 1.18 bits per heavy atom. The van der Waals surface area contributed by atoms with Crippen molar-refractivity contribution in [1.29, 1.82) is 0 Å². The van der Waals surface area contributed by atoms with E-state index in [0.717, 1.165) is 6.54 Å². The summed E-state index contributed by atoms with van der Waals surface area (Å²) in [6.07, 6.45) is 0. The van der Waals surface area contributed by atoms with E-state index in [1.54, 1.807) is 13.0 Å². The van der Waals surface area contributed by atoms with Gasteiger partial charge in [0.2, 0.25) is 0 Å². The number of rotatable bonds is 4. The van der Waals surface area contributed by atoms with Crippen molar-refractivity contribution in [2.45, 2.75) is 33.4 Å². The van der Waals surface area contributed by atoms with Crippen LogP contribution in [0.4, 0.5) is 10.1 Å². The van der Waals surface area contributed by atoms with E-state index < -0.39 is 0 Å². The van der Waals surface area contributed by atoms with Crippen LogP contribution in [0.1, 0.15) is 25.0 Å². The van der Waals surface area contributed by atoms with Crippen LogP contribution in [0.5, 0.6) is 0 Å². The Labute approximate surface area is 137 Å². The Morgan fingerprint density at radius 3 is 2.45 bits per heavy atom. The first-order valence-corrected chi connectivity index (χ1v) is 7.76. The van der Waals surface area contributed by atoms with Gasteiger partial charge in [-0.3, -0.25) is 0 Å². The first kappa shape index (κ1) is 16.4. The summed E-state index contributed by atoms with van der Waals surface area (Å²) in [5, 5.41) is 3.73. The highest BCUT2D eigenvalue weighted by molar-refractivity contribution is 7.80. The Morgan fingerprint density at radius 2 is 1.86 bits per heavy atom. The maximum Gasteiger partial charge on any atom is 0.173 e. The topological polar surface area (TPSA) is 15.3 Å². The lowest BCUT2D eigenvalue weighted by Gasteiger charge is -2.30. The van der Waals surface area contributed by atoms with E-state index in [4.69, 9.17) is 12.2 Å². The summed E-state index contributed by atoms with van der Waals surface area (Å²) in [7, 11) is 0. The molecule has 0 heterocycles. The van der Waals surface area contributed by atoms with Crippen LogP contribution >= 0.6 is 12.2 Å². The number of thiocarbonyl (C=S) groups is 1. The number of benzene rings is 2. The van der Waals surface area contributed by atoms with Crippen LogP contribution in [0.15, 0.2) is 48.5 Å². The van der Waals surface area contributed by atoms with Crippen LogP contribution in [-0.2, 0) is 6.54 Å². The highest BCUT2D eigenvalue weighted by Gasteiger charge is 2.14. The predicted octanol–water partition coefficient (Wildman–Crippen LogP) is 4.74. The summed E-state index contributed by atoms with van der Waals surface area (Å²) >= 11 is 5.50. The molecule has 0 bridgehead atoms. The second-order valence-electron chi connectivity index (χ2n) is 5.60. The number of aryl methyl sites for hydroxylation is 1. The van der Waals surface area contributed by atoms with Crippen molar-refractivity contribution >= 4 is 23.0 Å². The number of anilines is 1. The number of halogens is 1. The van der Waals surface area contributed by atoms with Crippen molar-refractivity contribution in [3.63, 3.8) is 0 Å². The molecule has 1 N–H and O–H groups in total. The molecule has 0 saturated carbocycles. The minimum Gasteiger partial charge on any atom is -0.342 e. The molecule has 0 aromatic heterocycles. The lowest BCUT2D eigenvalue weighted by Crippen LogP contribution is -2.39. The van der Waals surface area contributed by atoms with Gasteiger partial charge in [0.25, 0.3) is 0 Å². The fourth-order valence-electron chi connectivity index (χ4n) is 2.13. The molecular weight excluding hydrogens is 295 g/mol. The molecule has 0 aliphatic heterocycles. The molecule has 2 rings (SSSR count). The third-order valence-electron chi connectivity index (χ3n) is 3.50. The van der Waals surface area contributed by atoms with Crippen LogP contribution < -0.4 is 5.32 Å². The molecule has 2 aromatic rings. The van der Waals surface area contributed by atoms with Crippen LogP contribution in [0.25, 0.3) is 0 Å². The minimum atomic E-state index is -0.230. The van der Waals surface area contributed by atoms with Crippen LogP contribution in [0, 0.1) is 12.7 Å². The third kappa shape index (κ3) is 4.28. The van der Waals surface area contributed by atoms with E-state index in [0.29, 0.717) is 16.4 Å². The van der Waals surface area contributed by atoms with Crippen molar-refractivity contribution in [2.24, 2.45) is 0 Å². The monoisotopic (exact) mass is 316 g/mol. The van der Waals surface area contributed by atoms with Crippen LogP contribution in [-0.4, -0.2) is 16.1 Å². The molecule has 0 aliphatic rings. The van der Waals surface area contributed by atoms with Gasteiger partial charge in [-0.15, -0.1) is 0 Å². The average molecular weight is 316 g/mol. The van der Waals surface area contributed by atoms with Crippen molar-refractivity contribution in [3.8, 4) is 0 Å². The fourth-order valence-corrected chi connectivity index (χ4v) is 2.53. The van der Waals surface area contributed by atoms with Gasteiger partial charge in [0.05, 0.1) is 0 Å². The van der Waals surface area contributed by atoms with E-state index >= 15 is 0 Å². The molecule has 0 radical (unpaired) electrons. The molecule has 22 heavy (non-hydrogen) atoms. The van der Waals surface area contributed by atoms with Crippen LogP contribution in [0.2, 0.25) is 0 Å². The second-order valence-corrected chi connectivity index (χ2v) is 5.99. The van der Waals surface area contributed by atoms with E-state index in [9.17, 15) is 4.39 Å². The summed E-state index contributed by atoms with van der Waals surface area (Å²) in [6, 6.07) is 15.5. The molecule has 0 saturated heterocycles. The second kappa shape index (κ2) is 7.36. The Balaban J connectivity index is 2.11. The number of nitrogens with one attached hydrogen (secondary N) is 1. The summed E-state index contributed by atoms with van der Waals surface area (Å²) in [5.41, 5.74) is 2.49. The van der Waals surface area contributed by atoms with E-state index in [2.05, 4.69) is 36.2 Å². The molecule has 0 aliphatic carbocycles. The van der Waals surface area contributed by atoms with E-state index in [-0.39, 0.29) is 11.9 Å². The lowest BCUT2D eigenvalue weighted by atomic mass is 10.2. The van der Waals surface area contributed by atoms with Gasteiger partial charge in [-0.1, -0.05) is 36.4 Å². The quantitative estimate of drug-likeness (QED) is 0.820. The number of nitrogens with zero attached hydrogens (tertiary/aromatic N) is 1. The van der Waals surface area contributed by atoms with E-state index in [1.807, 2.05) is 24.3 Å². The third-order valence-corrected chi connectivity index (χ3v) is 3.84. The summed E-state index contributed by atoms with van der Waals surface area (Å²) in [6.45, 7) is 6.64. The number of hydrogen-bond donors (Lipinski definition) is 1. The van der Waals surface area contributed by atoms with Gasteiger partial charge in [-0.25, -0.2) is 4.39 Å². The van der Waals surface area contributed by atoms with Crippen molar-refractivity contribution in [2.75, 3.05) is 5.32 Å². The molecule has 0 unspecified atom stereocenters.